The first kappa shape index (κ1) is 20.7. The highest BCUT2D eigenvalue weighted by molar-refractivity contribution is 5.81. The Morgan fingerprint density at radius 1 is 1.00 bits per heavy atom. The first-order chi connectivity index (χ1) is 12.9. The quantitative estimate of drug-likeness (QED) is 0.676. The number of carbonyl (C=O) groups is 3. The van der Waals surface area contributed by atoms with E-state index in [1.165, 1.54) is 0 Å². The summed E-state index contributed by atoms with van der Waals surface area (Å²) in [5.74, 6) is -0.639. The molecule has 7 nitrogen and oxygen atoms in total. The molecule has 2 rings (SSSR count). The van der Waals surface area contributed by atoms with Crippen LogP contribution < -0.4 is 4.74 Å². The number of carbonyl (C=O) groups excluding carboxylic acids is 3. The zero-order valence-electron chi connectivity index (χ0n) is 16.2. The van der Waals surface area contributed by atoms with Crippen LogP contribution >= 0.6 is 0 Å². The van der Waals surface area contributed by atoms with Gasteiger partial charge in [-0.3, -0.25) is 9.59 Å². The zero-order chi connectivity index (χ0) is 19.8. The second kappa shape index (κ2) is 9.94. The first-order valence-corrected chi connectivity index (χ1v) is 9.20. The fourth-order valence-corrected chi connectivity index (χ4v) is 3.06. The smallest absolute Gasteiger partial charge is 0.344 e. The van der Waals surface area contributed by atoms with Gasteiger partial charge in [0.25, 0.3) is 5.91 Å². The van der Waals surface area contributed by atoms with Crippen molar-refractivity contribution in [1.29, 1.82) is 0 Å². The maximum atomic E-state index is 12.2. The standard InChI is InChI=1S/C20H27NO6/c1-4-25-20(24)16-5-7-21(8-6-16)18(22)12-27-19(23)13-26-17-10-14(2)9-15(3)11-17/h9-11,16H,4-8,12-13H2,1-3H3. The Morgan fingerprint density at radius 2 is 1.63 bits per heavy atom. The van der Waals surface area contributed by atoms with Gasteiger partial charge in [-0.15, -0.1) is 0 Å². The minimum absolute atomic E-state index is 0.164. The van der Waals surface area contributed by atoms with Crippen molar-refractivity contribution >= 4 is 17.8 Å². The van der Waals surface area contributed by atoms with Gasteiger partial charge in [-0.2, -0.15) is 0 Å². The molecule has 1 aromatic rings. The van der Waals surface area contributed by atoms with Crippen LogP contribution in [0, 0.1) is 19.8 Å². The molecule has 27 heavy (non-hydrogen) atoms. The van der Waals surface area contributed by atoms with E-state index in [1.807, 2.05) is 32.0 Å². The maximum Gasteiger partial charge on any atom is 0.344 e. The number of aryl methyl sites for hydroxylation is 2. The second-order valence-corrected chi connectivity index (χ2v) is 6.68. The fourth-order valence-electron chi connectivity index (χ4n) is 3.06. The molecular formula is C20H27NO6. The van der Waals surface area contributed by atoms with Crippen LogP contribution in [-0.2, 0) is 23.9 Å². The summed E-state index contributed by atoms with van der Waals surface area (Å²) < 4.78 is 15.4. The number of benzene rings is 1. The number of esters is 2. The number of hydrogen-bond donors (Lipinski definition) is 0. The molecule has 0 aromatic heterocycles. The van der Waals surface area contributed by atoms with Crippen LogP contribution in [0.5, 0.6) is 5.75 Å². The highest BCUT2D eigenvalue weighted by Gasteiger charge is 2.28. The van der Waals surface area contributed by atoms with Gasteiger partial charge in [-0.1, -0.05) is 6.07 Å². The lowest BCUT2D eigenvalue weighted by molar-refractivity contribution is -0.155. The zero-order valence-corrected chi connectivity index (χ0v) is 16.2. The molecule has 0 unspecified atom stereocenters. The van der Waals surface area contributed by atoms with Gasteiger partial charge in [-0.25, -0.2) is 4.79 Å². The SMILES string of the molecule is CCOC(=O)C1CCN(C(=O)COC(=O)COc2cc(C)cc(C)c2)CC1. The molecule has 1 aliphatic heterocycles. The minimum Gasteiger partial charge on any atom is -0.482 e. The third kappa shape index (κ3) is 6.58. The third-order valence-electron chi connectivity index (χ3n) is 4.38. The summed E-state index contributed by atoms with van der Waals surface area (Å²) in [6, 6.07) is 5.67. The Balaban J connectivity index is 1.69. The molecule has 1 aromatic carbocycles. The van der Waals surface area contributed by atoms with E-state index in [0.29, 0.717) is 38.3 Å². The number of amides is 1. The number of piperidine rings is 1. The van der Waals surface area contributed by atoms with Gasteiger partial charge in [0.1, 0.15) is 5.75 Å². The van der Waals surface area contributed by atoms with Crippen molar-refractivity contribution < 1.29 is 28.6 Å². The number of hydrogen-bond acceptors (Lipinski definition) is 6. The van der Waals surface area contributed by atoms with Crippen molar-refractivity contribution in [3.05, 3.63) is 29.3 Å². The van der Waals surface area contributed by atoms with Gasteiger partial charge in [0.2, 0.25) is 0 Å². The summed E-state index contributed by atoms with van der Waals surface area (Å²) in [5, 5.41) is 0. The van der Waals surface area contributed by atoms with E-state index in [4.69, 9.17) is 14.2 Å². The summed E-state index contributed by atoms with van der Waals surface area (Å²) in [5.41, 5.74) is 2.08. The van der Waals surface area contributed by atoms with Crippen molar-refractivity contribution in [1.82, 2.24) is 4.90 Å². The Kier molecular flexibility index (Phi) is 7.64. The molecule has 0 spiro atoms. The van der Waals surface area contributed by atoms with Crippen molar-refractivity contribution in [2.75, 3.05) is 32.9 Å². The number of likely N-dealkylation sites (tertiary alicyclic amines) is 1. The van der Waals surface area contributed by atoms with Gasteiger partial charge in [0.05, 0.1) is 12.5 Å². The first-order valence-electron chi connectivity index (χ1n) is 9.20. The molecule has 1 fully saturated rings. The topological polar surface area (TPSA) is 82.1 Å². The van der Waals surface area contributed by atoms with Gasteiger partial charge >= 0.3 is 11.9 Å². The van der Waals surface area contributed by atoms with Gasteiger partial charge < -0.3 is 19.1 Å². The molecule has 1 amide bonds. The highest BCUT2D eigenvalue weighted by atomic mass is 16.6. The van der Waals surface area contributed by atoms with E-state index in [1.54, 1.807) is 11.8 Å². The minimum atomic E-state index is -0.594. The van der Waals surface area contributed by atoms with Crippen LogP contribution in [0.3, 0.4) is 0 Å². The monoisotopic (exact) mass is 377 g/mol. The van der Waals surface area contributed by atoms with Crippen molar-refractivity contribution in [2.45, 2.75) is 33.6 Å². The summed E-state index contributed by atoms with van der Waals surface area (Å²) in [4.78, 5) is 37.3. The Morgan fingerprint density at radius 3 is 2.22 bits per heavy atom. The third-order valence-corrected chi connectivity index (χ3v) is 4.38. The molecule has 7 heteroatoms. The highest BCUT2D eigenvalue weighted by Crippen LogP contribution is 2.19. The lowest BCUT2D eigenvalue weighted by Crippen LogP contribution is -2.42. The van der Waals surface area contributed by atoms with Crippen LogP contribution in [0.2, 0.25) is 0 Å². The lowest BCUT2D eigenvalue weighted by Gasteiger charge is -2.30. The number of nitrogens with zero attached hydrogens (tertiary/aromatic N) is 1. The molecule has 1 aliphatic rings. The van der Waals surface area contributed by atoms with E-state index in [2.05, 4.69) is 0 Å². The summed E-state index contributed by atoms with van der Waals surface area (Å²) in [6.07, 6.45) is 1.13. The fraction of sp³-hybridized carbons (Fsp3) is 0.550. The van der Waals surface area contributed by atoms with E-state index >= 15 is 0 Å². The molecule has 0 N–H and O–H groups in total. The summed E-state index contributed by atoms with van der Waals surface area (Å²) in [6.45, 7) is 6.37. The van der Waals surface area contributed by atoms with Gasteiger partial charge in [0, 0.05) is 13.1 Å². The van der Waals surface area contributed by atoms with Crippen LogP contribution in [0.15, 0.2) is 18.2 Å². The molecule has 0 bridgehead atoms. The number of ether oxygens (including phenoxy) is 3. The molecule has 0 atom stereocenters. The van der Waals surface area contributed by atoms with Gasteiger partial charge in [-0.05, 0) is 56.9 Å². The van der Waals surface area contributed by atoms with Gasteiger partial charge in [0.15, 0.2) is 13.2 Å². The Bertz CT molecular complexity index is 659. The van der Waals surface area contributed by atoms with Crippen LogP contribution in [0.4, 0.5) is 0 Å². The average Bonchev–Trinajstić information content (AvgIpc) is 2.64. The maximum absolute atomic E-state index is 12.2. The van der Waals surface area contributed by atoms with Crippen molar-refractivity contribution in [3.63, 3.8) is 0 Å². The van der Waals surface area contributed by atoms with E-state index in [0.717, 1.165) is 11.1 Å². The molecule has 0 radical (unpaired) electrons. The van der Waals surface area contributed by atoms with Crippen molar-refractivity contribution in [2.24, 2.45) is 5.92 Å². The molecule has 1 saturated heterocycles. The van der Waals surface area contributed by atoms with E-state index in [-0.39, 0.29) is 31.0 Å². The Hall–Kier alpha value is -2.57. The van der Waals surface area contributed by atoms with E-state index < -0.39 is 5.97 Å². The number of rotatable bonds is 7. The van der Waals surface area contributed by atoms with Crippen LogP contribution in [-0.4, -0.2) is 55.7 Å². The molecule has 148 valence electrons. The normalized spacial score (nSPS) is 14.6. The molecule has 0 aliphatic carbocycles. The molecule has 0 saturated carbocycles. The second-order valence-electron chi connectivity index (χ2n) is 6.68. The van der Waals surface area contributed by atoms with Crippen LogP contribution in [0.25, 0.3) is 0 Å². The average molecular weight is 377 g/mol. The predicted molar refractivity (Wildman–Crippen MR) is 98.3 cm³/mol. The molecular weight excluding hydrogens is 350 g/mol. The Labute approximate surface area is 159 Å². The van der Waals surface area contributed by atoms with Crippen molar-refractivity contribution in [3.8, 4) is 5.75 Å². The predicted octanol–water partition coefficient (Wildman–Crippen LogP) is 2.03. The largest absolute Gasteiger partial charge is 0.482 e. The van der Waals surface area contributed by atoms with E-state index in [9.17, 15) is 14.4 Å². The molecule has 1 heterocycles. The summed E-state index contributed by atoms with van der Waals surface area (Å²) >= 11 is 0. The lowest BCUT2D eigenvalue weighted by atomic mass is 9.97. The summed E-state index contributed by atoms with van der Waals surface area (Å²) in [7, 11) is 0. The van der Waals surface area contributed by atoms with Crippen LogP contribution in [0.1, 0.15) is 30.9 Å².